The van der Waals surface area contributed by atoms with E-state index in [9.17, 15) is 14.4 Å². The Labute approximate surface area is 134 Å². The normalized spacial score (nSPS) is 18.5. The lowest BCUT2D eigenvalue weighted by atomic mass is 10.3. The third-order valence-electron chi connectivity index (χ3n) is 4.25. The van der Waals surface area contributed by atoms with Crippen molar-refractivity contribution in [3.63, 3.8) is 0 Å². The van der Waals surface area contributed by atoms with E-state index < -0.39 is 17.8 Å². The fourth-order valence-electron chi connectivity index (χ4n) is 2.76. The summed E-state index contributed by atoms with van der Waals surface area (Å²) in [7, 11) is 0. The number of piperazine rings is 1. The molecule has 0 bridgehead atoms. The second-order valence-electron chi connectivity index (χ2n) is 5.83. The van der Waals surface area contributed by atoms with Crippen molar-refractivity contribution in [2.24, 2.45) is 0 Å². The number of imidazole rings is 1. The van der Waals surface area contributed by atoms with Gasteiger partial charge in [0.25, 0.3) is 0 Å². The number of imide groups is 1. The number of nitrogens with one attached hydrogen (secondary N) is 1. The predicted molar refractivity (Wildman–Crippen MR) is 81.6 cm³/mol. The molecule has 0 atom stereocenters. The van der Waals surface area contributed by atoms with Crippen molar-refractivity contribution in [3.05, 3.63) is 18.2 Å². The molecule has 1 aliphatic carbocycles. The highest BCUT2D eigenvalue weighted by Gasteiger charge is 2.35. The van der Waals surface area contributed by atoms with Gasteiger partial charge in [-0.2, -0.15) is 0 Å². The van der Waals surface area contributed by atoms with Crippen molar-refractivity contribution in [2.75, 3.05) is 26.2 Å². The Hall–Kier alpha value is -2.38. The molecule has 0 spiro atoms. The van der Waals surface area contributed by atoms with Crippen molar-refractivity contribution in [2.45, 2.75) is 32.2 Å². The zero-order valence-corrected chi connectivity index (χ0v) is 13.2. The smallest absolute Gasteiger partial charge is 0.324 e. The quantitative estimate of drug-likeness (QED) is 0.783. The molecule has 0 unspecified atom stereocenters. The summed E-state index contributed by atoms with van der Waals surface area (Å²) in [4.78, 5) is 42.6. The molecule has 2 aliphatic rings. The van der Waals surface area contributed by atoms with Gasteiger partial charge in [0.15, 0.2) is 0 Å². The Kier molecular flexibility index (Phi) is 4.31. The van der Waals surface area contributed by atoms with E-state index in [2.05, 4.69) is 10.3 Å². The number of amides is 4. The third kappa shape index (κ3) is 3.20. The maximum absolute atomic E-state index is 12.1. The Morgan fingerprint density at radius 1 is 1.30 bits per heavy atom. The number of carbonyl (C=O) groups excluding carboxylic acids is 3. The summed E-state index contributed by atoms with van der Waals surface area (Å²) in [5.41, 5.74) is 0. The van der Waals surface area contributed by atoms with Gasteiger partial charge in [0.05, 0.1) is 0 Å². The topological polar surface area (TPSA) is 87.5 Å². The van der Waals surface area contributed by atoms with Gasteiger partial charge in [-0.3, -0.25) is 14.5 Å². The second-order valence-corrected chi connectivity index (χ2v) is 5.83. The number of rotatable bonds is 5. The molecule has 3 rings (SSSR count). The Bertz CT molecular complexity index is 622. The van der Waals surface area contributed by atoms with E-state index in [1.807, 2.05) is 17.7 Å². The number of aromatic nitrogens is 2. The first-order valence-corrected chi connectivity index (χ1v) is 8.01. The molecular weight excluding hydrogens is 298 g/mol. The molecule has 124 valence electrons. The number of urea groups is 1. The molecule has 1 saturated carbocycles. The largest absolute Gasteiger partial charge is 0.336 e. The first-order chi connectivity index (χ1) is 11.1. The van der Waals surface area contributed by atoms with Gasteiger partial charge in [0.2, 0.25) is 0 Å². The molecule has 0 aromatic carbocycles. The van der Waals surface area contributed by atoms with E-state index in [1.54, 1.807) is 6.20 Å². The minimum absolute atomic E-state index is 0.239. The molecule has 8 nitrogen and oxygen atoms in total. The maximum Gasteiger partial charge on any atom is 0.324 e. The molecule has 8 heteroatoms. The zero-order valence-electron chi connectivity index (χ0n) is 13.2. The van der Waals surface area contributed by atoms with Crippen molar-refractivity contribution in [1.29, 1.82) is 0 Å². The van der Waals surface area contributed by atoms with E-state index in [4.69, 9.17) is 0 Å². The third-order valence-corrected chi connectivity index (χ3v) is 4.25. The molecule has 1 N–H and O–H groups in total. The van der Waals surface area contributed by atoms with Crippen LogP contribution in [0.1, 0.15) is 31.5 Å². The molecule has 1 aromatic rings. The van der Waals surface area contributed by atoms with Crippen molar-refractivity contribution in [3.8, 4) is 0 Å². The zero-order chi connectivity index (χ0) is 16.4. The first-order valence-electron chi connectivity index (χ1n) is 8.01. The van der Waals surface area contributed by atoms with Gasteiger partial charge in [0.1, 0.15) is 5.82 Å². The highest BCUT2D eigenvalue weighted by atomic mass is 16.2. The lowest BCUT2D eigenvalue weighted by molar-refractivity contribution is -0.153. The minimum atomic E-state index is -0.753. The van der Waals surface area contributed by atoms with Crippen LogP contribution in [-0.4, -0.2) is 63.4 Å². The highest BCUT2D eigenvalue weighted by molar-refractivity contribution is 6.38. The molecule has 2 heterocycles. The average Bonchev–Trinajstić information content (AvgIpc) is 3.29. The van der Waals surface area contributed by atoms with Gasteiger partial charge in [0, 0.05) is 51.0 Å². The number of hydrogen-bond donors (Lipinski definition) is 1. The molecule has 23 heavy (non-hydrogen) atoms. The van der Waals surface area contributed by atoms with Crippen LogP contribution in [-0.2, 0) is 16.1 Å². The molecular formula is C15H21N5O3. The molecule has 0 radical (unpaired) electrons. The molecule has 1 aromatic heterocycles. The molecule has 2 fully saturated rings. The van der Waals surface area contributed by atoms with Crippen LogP contribution < -0.4 is 5.32 Å². The van der Waals surface area contributed by atoms with E-state index in [0.29, 0.717) is 32.1 Å². The number of carbonyl (C=O) groups is 3. The molecule has 4 amide bonds. The number of likely N-dealkylation sites (N-methyl/N-ethyl adjacent to an activating group) is 1. The van der Waals surface area contributed by atoms with Crippen LogP contribution in [0.15, 0.2) is 12.4 Å². The monoisotopic (exact) mass is 319 g/mol. The van der Waals surface area contributed by atoms with Crippen LogP contribution in [0.2, 0.25) is 0 Å². The Morgan fingerprint density at radius 2 is 2.09 bits per heavy atom. The number of nitrogens with zero attached hydrogens (tertiary/aromatic N) is 4. The average molecular weight is 319 g/mol. The highest BCUT2D eigenvalue weighted by Crippen LogP contribution is 2.38. The second kappa shape index (κ2) is 6.39. The SMILES string of the molecule is CCN1CCN(C(=O)NCCn2ccnc2C2CC2)C(=O)C1=O. The summed E-state index contributed by atoms with van der Waals surface area (Å²) in [6, 6.07) is -0.507. The van der Waals surface area contributed by atoms with Crippen LogP contribution in [0, 0.1) is 0 Å². The summed E-state index contributed by atoms with van der Waals surface area (Å²) in [6.07, 6.45) is 6.00. The van der Waals surface area contributed by atoms with Gasteiger partial charge >= 0.3 is 17.8 Å². The standard InChI is InChI=1S/C15H21N5O3/c1-2-18-9-10-20(14(22)13(18)21)15(23)17-6-8-19-7-5-16-12(19)11-3-4-11/h5,7,11H,2-4,6,8-10H2,1H3,(H,17,23). The van der Waals surface area contributed by atoms with Gasteiger partial charge < -0.3 is 14.8 Å². The molecule has 1 saturated heterocycles. The Morgan fingerprint density at radius 3 is 2.78 bits per heavy atom. The fraction of sp³-hybridized carbons (Fsp3) is 0.600. The summed E-state index contributed by atoms with van der Waals surface area (Å²) >= 11 is 0. The van der Waals surface area contributed by atoms with Gasteiger partial charge in [-0.25, -0.2) is 9.78 Å². The fourth-order valence-corrected chi connectivity index (χ4v) is 2.76. The van der Waals surface area contributed by atoms with E-state index in [-0.39, 0.29) is 6.54 Å². The van der Waals surface area contributed by atoms with Crippen LogP contribution in [0.4, 0.5) is 4.79 Å². The van der Waals surface area contributed by atoms with Gasteiger partial charge in [-0.1, -0.05) is 0 Å². The molecule has 1 aliphatic heterocycles. The van der Waals surface area contributed by atoms with Crippen molar-refractivity contribution in [1.82, 2.24) is 24.7 Å². The summed E-state index contributed by atoms with van der Waals surface area (Å²) < 4.78 is 2.03. The van der Waals surface area contributed by atoms with Crippen molar-refractivity contribution < 1.29 is 14.4 Å². The van der Waals surface area contributed by atoms with E-state index >= 15 is 0 Å². The van der Waals surface area contributed by atoms with Crippen LogP contribution in [0.3, 0.4) is 0 Å². The van der Waals surface area contributed by atoms with Gasteiger partial charge in [-0.15, -0.1) is 0 Å². The van der Waals surface area contributed by atoms with Gasteiger partial charge in [-0.05, 0) is 19.8 Å². The lowest BCUT2D eigenvalue weighted by Gasteiger charge is -2.31. The van der Waals surface area contributed by atoms with Crippen LogP contribution in [0.5, 0.6) is 0 Å². The van der Waals surface area contributed by atoms with Crippen LogP contribution in [0.25, 0.3) is 0 Å². The Balaban J connectivity index is 1.50. The maximum atomic E-state index is 12.1. The predicted octanol–water partition coefficient (Wildman–Crippen LogP) is 0.161. The number of hydrogen-bond acceptors (Lipinski definition) is 4. The van der Waals surface area contributed by atoms with E-state index in [1.165, 1.54) is 17.7 Å². The van der Waals surface area contributed by atoms with Crippen LogP contribution >= 0.6 is 0 Å². The summed E-state index contributed by atoms with van der Waals surface area (Å²) in [5.74, 6) is 0.237. The summed E-state index contributed by atoms with van der Waals surface area (Å²) in [6.45, 7) is 3.91. The first kappa shape index (κ1) is 15.5. The van der Waals surface area contributed by atoms with E-state index in [0.717, 1.165) is 10.7 Å². The summed E-state index contributed by atoms with van der Waals surface area (Å²) in [5, 5.41) is 2.71. The lowest BCUT2D eigenvalue weighted by Crippen LogP contribution is -2.58. The van der Waals surface area contributed by atoms with Crippen molar-refractivity contribution >= 4 is 17.8 Å². The minimum Gasteiger partial charge on any atom is -0.336 e.